The molecule has 0 radical (unpaired) electrons. The maximum Gasteiger partial charge on any atom is 0.338 e. The second-order valence-electron chi connectivity index (χ2n) is 7.87. The van der Waals surface area contributed by atoms with Crippen molar-refractivity contribution in [1.82, 2.24) is 10.2 Å². The summed E-state index contributed by atoms with van der Waals surface area (Å²) in [5, 5.41) is 12.8. The number of aliphatic hydroxyl groups excluding tert-OH is 1. The van der Waals surface area contributed by atoms with Crippen molar-refractivity contribution < 1.29 is 14.6 Å². The number of carbonyl (C=O) groups excluding carboxylic acids is 1. The Balaban J connectivity index is 2.01. The Bertz CT molecular complexity index is 663. The highest BCUT2D eigenvalue weighted by atomic mass is 79.9. The molecule has 1 aliphatic carbocycles. The van der Waals surface area contributed by atoms with Crippen molar-refractivity contribution >= 4 is 27.6 Å². The standard InChI is InChI=1S/C22H36BrN3O3/c1-3-22(8-6-5-7-9-22)25-16-18-14-17(15-19(23)20(18)24)21(28)29-13-11-26(4-2)10-12-27/h14-15,25,27H,3-13,16,24H2,1-2H3. The Labute approximate surface area is 183 Å². The van der Waals surface area contributed by atoms with E-state index in [-0.39, 0.29) is 18.1 Å². The average molecular weight is 470 g/mol. The van der Waals surface area contributed by atoms with E-state index in [2.05, 4.69) is 28.2 Å². The minimum atomic E-state index is -0.352. The molecular weight excluding hydrogens is 434 g/mol. The molecule has 1 aromatic rings. The smallest absolute Gasteiger partial charge is 0.338 e. The first-order valence-corrected chi connectivity index (χ1v) is 11.6. The van der Waals surface area contributed by atoms with Crippen LogP contribution in [0.1, 0.15) is 68.3 Å². The van der Waals surface area contributed by atoms with Crippen LogP contribution in [0.15, 0.2) is 16.6 Å². The number of hydrogen-bond acceptors (Lipinski definition) is 6. The maximum atomic E-state index is 12.5. The number of nitrogens with two attached hydrogens (primary N) is 1. The predicted molar refractivity (Wildman–Crippen MR) is 121 cm³/mol. The summed E-state index contributed by atoms with van der Waals surface area (Å²) in [6, 6.07) is 3.57. The van der Waals surface area contributed by atoms with Gasteiger partial charge in [-0.25, -0.2) is 4.79 Å². The fraction of sp³-hybridized carbons (Fsp3) is 0.682. The molecule has 0 amide bonds. The molecule has 2 rings (SSSR count). The molecule has 0 aliphatic heterocycles. The lowest BCUT2D eigenvalue weighted by Gasteiger charge is -2.38. The van der Waals surface area contributed by atoms with E-state index < -0.39 is 0 Å². The minimum absolute atomic E-state index is 0.0995. The van der Waals surface area contributed by atoms with Crippen LogP contribution >= 0.6 is 15.9 Å². The number of nitrogens with one attached hydrogen (secondary N) is 1. The Kier molecular flexibility index (Phi) is 9.89. The molecule has 0 unspecified atom stereocenters. The van der Waals surface area contributed by atoms with Crippen molar-refractivity contribution in [2.75, 3.05) is 38.6 Å². The number of anilines is 1. The predicted octanol–water partition coefficient (Wildman–Crippen LogP) is 3.70. The number of likely N-dealkylation sites (N-methyl/N-ethyl adjacent to an activating group) is 1. The third-order valence-corrected chi connectivity index (χ3v) is 6.75. The number of carbonyl (C=O) groups is 1. The maximum absolute atomic E-state index is 12.5. The lowest BCUT2D eigenvalue weighted by molar-refractivity contribution is 0.0456. The van der Waals surface area contributed by atoms with Gasteiger partial charge in [0.1, 0.15) is 6.61 Å². The molecule has 0 atom stereocenters. The number of hydrogen-bond donors (Lipinski definition) is 3. The summed E-state index contributed by atoms with van der Waals surface area (Å²) in [6.45, 7) is 7.28. The molecule has 1 aromatic carbocycles. The van der Waals surface area contributed by atoms with Gasteiger partial charge in [-0.1, -0.05) is 33.1 Å². The van der Waals surface area contributed by atoms with Crippen LogP contribution in [-0.2, 0) is 11.3 Å². The molecule has 1 saturated carbocycles. The molecule has 6 nitrogen and oxygen atoms in total. The Morgan fingerprint density at radius 2 is 2.00 bits per heavy atom. The van der Waals surface area contributed by atoms with E-state index in [4.69, 9.17) is 15.6 Å². The number of ether oxygens (including phenoxy) is 1. The molecule has 7 heteroatoms. The topological polar surface area (TPSA) is 87.8 Å². The highest BCUT2D eigenvalue weighted by Crippen LogP contribution is 2.32. The summed E-state index contributed by atoms with van der Waals surface area (Å²) < 4.78 is 6.16. The lowest BCUT2D eigenvalue weighted by Crippen LogP contribution is -2.45. The minimum Gasteiger partial charge on any atom is -0.461 e. The number of rotatable bonds is 11. The molecule has 4 N–H and O–H groups in total. The van der Waals surface area contributed by atoms with Crippen LogP contribution in [0.3, 0.4) is 0 Å². The van der Waals surface area contributed by atoms with Crippen LogP contribution in [0.4, 0.5) is 5.69 Å². The number of nitrogens with zero attached hydrogens (tertiary/aromatic N) is 1. The van der Waals surface area contributed by atoms with Crippen LogP contribution in [0.5, 0.6) is 0 Å². The summed E-state index contributed by atoms with van der Waals surface area (Å²) in [7, 11) is 0. The van der Waals surface area contributed by atoms with Gasteiger partial charge < -0.3 is 20.9 Å². The van der Waals surface area contributed by atoms with Crippen LogP contribution in [-0.4, -0.2) is 54.4 Å². The molecule has 0 spiro atoms. The van der Waals surface area contributed by atoms with E-state index in [0.717, 1.165) is 18.5 Å². The second kappa shape index (κ2) is 11.9. The number of nitrogen functional groups attached to an aromatic ring is 1. The van der Waals surface area contributed by atoms with Crippen molar-refractivity contribution in [2.45, 2.75) is 64.5 Å². The molecule has 0 saturated heterocycles. The highest BCUT2D eigenvalue weighted by molar-refractivity contribution is 9.10. The monoisotopic (exact) mass is 469 g/mol. The summed E-state index contributed by atoms with van der Waals surface area (Å²) in [5.41, 5.74) is 8.53. The molecule has 1 aliphatic rings. The van der Waals surface area contributed by atoms with Gasteiger partial charge >= 0.3 is 5.97 Å². The largest absolute Gasteiger partial charge is 0.461 e. The highest BCUT2D eigenvalue weighted by Gasteiger charge is 2.29. The summed E-state index contributed by atoms with van der Waals surface area (Å²) >= 11 is 3.49. The zero-order valence-corrected chi connectivity index (χ0v) is 19.4. The third-order valence-electron chi connectivity index (χ3n) is 6.10. The van der Waals surface area contributed by atoms with E-state index in [9.17, 15) is 4.79 Å². The Hall–Kier alpha value is -1.15. The van der Waals surface area contributed by atoms with Gasteiger partial charge in [0.2, 0.25) is 0 Å². The molecule has 164 valence electrons. The van der Waals surface area contributed by atoms with Gasteiger partial charge in [-0.15, -0.1) is 0 Å². The number of benzene rings is 1. The van der Waals surface area contributed by atoms with Gasteiger partial charge in [-0.05, 0) is 59.4 Å². The number of esters is 1. The van der Waals surface area contributed by atoms with Gasteiger partial charge in [0.05, 0.1) is 17.9 Å². The Morgan fingerprint density at radius 1 is 1.28 bits per heavy atom. The van der Waals surface area contributed by atoms with Crippen molar-refractivity contribution in [3.05, 3.63) is 27.7 Å². The van der Waals surface area contributed by atoms with Crippen molar-refractivity contribution in [2.24, 2.45) is 0 Å². The first kappa shape index (κ1) is 24.1. The van der Waals surface area contributed by atoms with E-state index in [1.54, 1.807) is 6.07 Å². The molecule has 0 heterocycles. The summed E-state index contributed by atoms with van der Waals surface area (Å²) in [6.07, 6.45) is 7.31. The van der Waals surface area contributed by atoms with Gasteiger partial charge in [-0.3, -0.25) is 4.90 Å². The quantitative estimate of drug-likeness (QED) is 0.338. The summed E-state index contributed by atoms with van der Waals surface area (Å²) in [5.74, 6) is -0.352. The lowest BCUT2D eigenvalue weighted by atomic mass is 9.79. The van der Waals surface area contributed by atoms with Crippen molar-refractivity contribution in [3.63, 3.8) is 0 Å². The molecule has 0 aromatic heterocycles. The zero-order valence-electron chi connectivity index (χ0n) is 17.8. The first-order valence-electron chi connectivity index (χ1n) is 10.8. The van der Waals surface area contributed by atoms with Crippen molar-refractivity contribution in [1.29, 1.82) is 0 Å². The third kappa shape index (κ3) is 6.95. The van der Waals surface area contributed by atoms with E-state index in [1.165, 1.54) is 32.1 Å². The number of aliphatic hydroxyl groups is 1. The van der Waals surface area contributed by atoms with Gasteiger partial charge in [0.15, 0.2) is 0 Å². The van der Waals surface area contributed by atoms with Crippen LogP contribution in [0, 0.1) is 0 Å². The summed E-state index contributed by atoms with van der Waals surface area (Å²) in [4.78, 5) is 14.6. The normalized spacial score (nSPS) is 16.2. The van der Waals surface area contributed by atoms with Gasteiger partial charge in [0, 0.05) is 29.6 Å². The Morgan fingerprint density at radius 3 is 2.62 bits per heavy atom. The molecular formula is C22H36BrN3O3. The SMILES string of the molecule is CCN(CCO)CCOC(=O)c1cc(Br)c(N)c(CNC2(CC)CCCCC2)c1. The molecule has 1 fully saturated rings. The fourth-order valence-electron chi connectivity index (χ4n) is 4.03. The van der Waals surface area contributed by atoms with E-state index in [0.29, 0.717) is 42.0 Å². The molecule has 29 heavy (non-hydrogen) atoms. The van der Waals surface area contributed by atoms with E-state index in [1.807, 2.05) is 17.9 Å². The first-order chi connectivity index (χ1) is 13.9. The average Bonchev–Trinajstić information content (AvgIpc) is 2.74. The fourth-order valence-corrected chi connectivity index (χ4v) is 4.53. The van der Waals surface area contributed by atoms with Crippen LogP contribution in [0.2, 0.25) is 0 Å². The van der Waals surface area contributed by atoms with Crippen LogP contribution in [0.25, 0.3) is 0 Å². The zero-order chi connectivity index (χ0) is 21.3. The van der Waals surface area contributed by atoms with Gasteiger partial charge in [0.25, 0.3) is 0 Å². The van der Waals surface area contributed by atoms with Crippen molar-refractivity contribution in [3.8, 4) is 0 Å². The van der Waals surface area contributed by atoms with Gasteiger partial charge in [-0.2, -0.15) is 0 Å². The van der Waals surface area contributed by atoms with E-state index >= 15 is 0 Å². The number of halogens is 1. The second-order valence-corrected chi connectivity index (χ2v) is 8.73. The van der Waals surface area contributed by atoms with Crippen LogP contribution < -0.4 is 11.1 Å². The molecule has 0 bridgehead atoms.